The fourth-order valence-corrected chi connectivity index (χ4v) is 2.65. The second-order valence-electron chi connectivity index (χ2n) is 5.77. The molecule has 1 heterocycles. The van der Waals surface area contributed by atoms with E-state index in [-0.39, 0.29) is 11.1 Å². The van der Waals surface area contributed by atoms with Gasteiger partial charge in [-0.2, -0.15) is 0 Å². The van der Waals surface area contributed by atoms with Crippen LogP contribution in [0.15, 0.2) is 42.6 Å². The number of benzene rings is 1. The van der Waals surface area contributed by atoms with Crippen molar-refractivity contribution in [1.82, 2.24) is 4.98 Å². The SMILES string of the molecule is CC(C)[C@@H](C(=O)OCC(=O)Nc1cccnc1Cl)c1ccc(Cl)cc1. The van der Waals surface area contributed by atoms with E-state index in [2.05, 4.69) is 10.3 Å². The van der Waals surface area contributed by atoms with E-state index >= 15 is 0 Å². The van der Waals surface area contributed by atoms with Crippen LogP contribution >= 0.6 is 23.2 Å². The highest BCUT2D eigenvalue weighted by Crippen LogP contribution is 2.27. The predicted molar refractivity (Wildman–Crippen MR) is 97.9 cm³/mol. The number of ether oxygens (including phenoxy) is 1. The first-order valence-electron chi connectivity index (χ1n) is 7.71. The largest absolute Gasteiger partial charge is 0.455 e. The number of rotatable bonds is 6. The van der Waals surface area contributed by atoms with Crippen LogP contribution in [0.1, 0.15) is 25.3 Å². The molecule has 5 nitrogen and oxygen atoms in total. The lowest BCUT2D eigenvalue weighted by molar-refractivity contribution is -0.149. The molecular formula is C18H18Cl2N2O3. The van der Waals surface area contributed by atoms with Crippen LogP contribution in [0, 0.1) is 5.92 Å². The van der Waals surface area contributed by atoms with Gasteiger partial charge in [0.1, 0.15) is 0 Å². The fourth-order valence-electron chi connectivity index (χ4n) is 2.36. The molecular weight excluding hydrogens is 363 g/mol. The molecule has 2 rings (SSSR count). The molecule has 0 saturated heterocycles. The van der Waals surface area contributed by atoms with Crippen LogP contribution in [-0.4, -0.2) is 23.5 Å². The molecule has 0 saturated carbocycles. The Morgan fingerprint density at radius 2 is 1.84 bits per heavy atom. The quantitative estimate of drug-likeness (QED) is 0.598. The van der Waals surface area contributed by atoms with Gasteiger partial charge < -0.3 is 10.1 Å². The molecule has 1 amide bonds. The van der Waals surface area contributed by atoms with Gasteiger partial charge in [-0.05, 0) is 35.7 Å². The van der Waals surface area contributed by atoms with Crippen molar-refractivity contribution in [3.8, 4) is 0 Å². The standard InChI is InChI=1S/C18H18Cl2N2O3/c1-11(2)16(12-5-7-13(19)8-6-12)18(24)25-10-15(23)22-14-4-3-9-21-17(14)20/h3-9,11,16H,10H2,1-2H3,(H,22,23)/t16-/m1/s1. The minimum absolute atomic E-state index is 0.00417. The summed E-state index contributed by atoms with van der Waals surface area (Å²) in [4.78, 5) is 28.2. The van der Waals surface area contributed by atoms with Crippen LogP contribution in [0.5, 0.6) is 0 Å². The average Bonchev–Trinajstić information content (AvgIpc) is 2.57. The third-order valence-corrected chi connectivity index (χ3v) is 4.08. The number of carbonyl (C=O) groups excluding carboxylic acids is 2. The van der Waals surface area contributed by atoms with Crippen molar-refractivity contribution in [2.75, 3.05) is 11.9 Å². The minimum Gasteiger partial charge on any atom is -0.455 e. The van der Waals surface area contributed by atoms with Gasteiger partial charge in [-0.25, -0.2) is 4.98 Å². The van der Waals surface area contributed by atoms with Gasteiger partial charge >= 0.3 is 5.97 Å². The number of aromatic nitrogens is 1. The number of carbonyl (C=O) groups is 2. The molecule has 0 spiro atoms. The molecule has 0 fully saturated rings. The van der Waals surface area contributed by atoms with E-state index in [0.29, 0.717) is 10.7 Å². The van der Waals surface area contributed by atoms with Crippen molar-refractivity contribution in [3.63, 3.8) is 0 Å². The topological polar surface area (TPSA) is 68.3 Å². The Balaban J connectivity index is 1.98. The average molecular weight is 381 g/mol. The van der Waals surface area contributed by atoms with E-state index in [0.717, 1.165) is 5.56 Å². The Morgan fingerprint density at radius 3 is 2.44 bits per heavy atom. The monoisotopic (exact) mass is 380 g/mol. The summed E-state index contributed by atoms with van der Waals surface area (Å²) in [5.74, 6) is -1.43. The van der Waals surface area contributed by atoms with Crippen molar-refractivity contribution in [3.05, 3.63) is 58.3 Å². The van der Waals surface area contributed by atoms with Crippen LogP contribution < -0.4 is 5.32 Å². The second-order valence-corrected chi connectivity index (χ2v) is 6.57. The number of hydrogen-bond donors (Lipinski definition) is 1. The summed E-state index contributed by atoms with van der Waals surface area (Å²) < 4.78 is 5.18. The number of nitrogens with zero attached hydrogens (tertiary/aromatic N) is 1. The second kappa shape index (κ2) is 8.83. The van der Waals surface area contributed by atoms with Crippen LogP contribution in [0.4, 0.5) is 5.69 Å². The smallest absolute Gasteiger partial charge is 0.314 e. The first kappa shape index (κ1) is 19.2. The molecule has 0 aliphatic heterocycles. The zero-order valence-corrected chi connectivity index (χ0v) is 15.3. The minimum atomic E-state index is -0.484. The van der Waals surface area contributed by atoms with Crippen LogP contribution in [-0.2, 0) is 14.3 Å². The van der Waals surface area contributed by atoms with E-state index in [1.165, 1.54) is 6.20 Å². The number of nitrogens with one attached hydrogen (secondary N) is 1. The zero-order chi connectivity index (χ0) is 18.4. The molecule has 0 aliphatic carbocycles. The molecule has 1 aromatic heterocycles. The third-order valence-electron chi connectivity index (χ3n) is 3.53. The van der Waals surface area contributed by atoms with Gasteiger partial charge in [-0.15, -0.1) is 0 Å². The zero-order valence-electron chi connectivity index (χ0n) is 13.8. The van der Waals surface area contributed by atoms with Gasteiger partial charge in [-0.1, -0.05) is 49.2 Å². The highest BCUT2D eigenvalue weighted by Gasteiger charge is 2.26. The normalized spacial score (nSPS) is 11.9. The molecule has 0 unspecified atom stereocenters. The summed E-state index contributed by atoms with van der Waals surface area (Å²) in [6, 6.07) is 10.3. The van der Waals surface area contributed by atoms with Crippen molar-refractivity contribution in [2.45, 2.75) is 19.8 Å². The first-order valence-corrected chi connectivity index (χ1v) is 8.46. The van der Waals surface area contributed by atoms with Gasteiger partial charge in [0, 0.05) is 11.2 Å². The molecule has 7 heteroatoms. The van der Waals surface area contributed by atoms with E-state index in [9.17, 15) is 9.59 Å². The van der Waals surface area contributed by atoms with Crippen LogP contribution in [0.2, 0.25) is 10.2 Å². The van der Waals surface area contributed by atoms with E-state index < -0.39 is 24.4 Å². The van der Waals surface area contributed by atoms with Crippen LogP contribution in [0.25, 0.3) is 0 Å². The van der Waals surface area contributed by atoms with E-state index in [4.69, 9.17) is 27.9 Å². The number of esters is 1. The maximum atomic E-state index is 12.4. The van der Waals surface area contributed by atoms with E-state index in [1.807, 2.05) is 13.8 Å². The highest BCUT2D eigenvalue weighted by atomic mass is 35.5. The van der Waals surface area contributed by atoms with Crippen molar-refractivity contribution in [2.24, 2.45) is 5.92 Å². The summed E-state index contributed by atoms with van der Waals surface area (Å²) in [5.41, 5.74) is 1.16. The molecule has 0 radical (unpaired) electrons. The molecule has 1 aromatic carbocycles. The summed E-state index contributed by atoms with van der Waals surface area (Å²) in [6.07, 6.45) is 1.51. The number of pyridine rings is 1. The first-order chi connectivity index (χ1) is 11.9. The maximum absolute atomic E-state index is 12.4. The Labute approximate surface area is 156 Å². The molecule has 25 heavy (non-hydrogen) atoms. The molecule has 132 valence electrons. The number of halogens is 2. The van der Waals surface area contributed by atoms with Gasteiger partial charge in [-0.3, -0.25) is 9.59 Å². The predicted octanol–water partition coefficient (Wildman–Crippen LogP) is 4.31. The van der Waals surface area contributed by atoms with Gasteiger partial charge in [0.05, 0.1) is 11.6 Å². The number of anilines is 1. The lowest BCUT2D eigenvalue weighted by Crippen LogP contribution is -2.26. The summed E-state index contributed by atoms with van der Waals surface area (Å²) in [5, 5.41) is 3.31. The highest BCUT2D eigenvalue weighted by molar-refractivity contribution is 6.32. The summed E-state index contributed by atoms with van der Waals surface area (Å²) in [6.45, 7) is 3.42. The Morgan fingerprint density at radius 1 is 1.16 bits per heavy atom. The maximum Gasteiger partial charge on any atom is 0.314 e. The summed E-state index contributed by atoms with van der Waals surface area (Å²) >= 11 is 11.8. The summed E-state index contributed by atoms with van der Waals surface area (Å²) in [7, 11) is 0. The Bertz CT molecular complexity index is 748. The lowest BCUT2D eigenvalue weighted by atomic mass is 9.88. The van der Waals surface area contributed by atoms with Gasteiger partial charge in [0.15, 0.2) is 11.8 Å². The molecule has 0 aliphatic rings. The van der Waals surface area contributed by atoms with Crippen LogP contribution in [0.3, 0.4) is 0 Å². The van der Waals surface area contributed by atoms with Crippen molar-refractivity contribution < 1.29 is 14.3 Å². The third kappa shape index (κ3) is 5.44. The lowest BCUT2D eigenvalue weighted by Gasteiger charge is -2.20. The van der Waals surface area contributed by atoms with Crippen molar-refractivity contribution in [1.29, 1.82) is 0 Å². The van der Waals surface area contributed by atoms with Gasteiger partial charge in [0.2, 0.25) is 0 Å². The molecule has 1 atom stereocenters. The molecule has 2 aromatic rings. The van der Waals surface area contributed by atoms with Gasteiger partial charge in [0.25, 0.3) is 5.91 Å². The van der Waals surface area contributed by atoms with E-state index in [1.54, 1.807) is 36.4 Å². The molecule has 0 bridgehead atoms. The van der Waals surface area contributed by atoms with Crippen molar-refractivity contribution >= 4 is 40.8 Å². The number of amides is 1. The number of hydrogen-bond acceptors (Lipinski definition) is 4. The fraction of sp³-hybridized carbons (Fsp3) is 0.278. The Hall–Kier alpha value is -2.11. The Kier molecular flexibility index (Phi) is 6.79. The molecule has 1 N–H and O–H groups in total.